The van der Waals surface area contributed by atoms with E-state index in [9.17, 15) is 9.59 Å². The van der Waals surface area contributed by atoms with Crippen molar-refractivity contribution in [3.05, 3.63) is 63.7 Å². The van der Waals surface area contributed by atoms with E-state index in [0.717, 1.165) is 67.6 Å². The number of nitrogens with zero attached hydrogens (tertiary/aromatic N) is 2. The molecule has 2 aliphatic carbocycles. The quantitative estimate of drug-likeness (QED) is 0.734. The number of hydrogen-bond acceptors (Lipinski definition) is 5. The molecule has 7 rings (SSSR count). The highest BCUT2D eigenvalue weighted by Crippen LogP contribution is 2.53. The van der Waals surface area contributed by atoms with Crippen LogP contribution in [0.2, 0.25) is 0 Å². The van der Waals surface area contributed by atoms with Gasteiger partial charge in [-0.3, -0.25) is 14.5 Å². The number of ether oxygens (including phenoxy) is 2. The van der Waals surface area contributed by atoms with E-state index in [1.165, 1.54) is 18.9 Å². The Morgan fingerprint density at radius 3 is 2.86 bits per heavy atom. The van der Waals surface area contributed by atoms with Crippen molar-refractivity contribution in [3.63, 3.8) is 0 Å². The average Bonchev–Trinajstić information content (AvgIpc) is 3.26. The monoisotopic (exact) mass is 473 g/mol. The van der Waals surface area contributed by atoms with Crippen molar-refractivity contribution in [2.24, 2.45) is 0 Å². The number of carbonyl (C=O) groups excluding carboxylic acids is 1. The van der Waals surface area contributed by atoms with E-state index in [2.05, 4.69) is 20.9 Å². The predicted octanol–water partition coefficient (Wildman–Crippen LogP) is 3.81. The Labute approximate surface area is 204 Å². The van der Waals surface area contributed by atoms with Crippen LogP contribution in [0.25, 0.3) is 16.5 Å². The SMILES string of the molecule is CC12CC=C(c3ccc4[nH]c(=O)cc(C(=O)N5CCC[C@]56C[C@@H]6N5CCCC5)c4c3)C=C1OCO2. The van der Waals surface area contributed by atoms with Crippen molar-refractivity contribution in [1.82, 2.24) is 14.8 Å². The molecule has 1 aromatic heterocycles. The van der Waals surface area contributed by atoms with Gasteiger partial charge in [-0.2, -0.15) is 0 Å². The number of benzene rings is 1. The summed E-state index contributed by atoms with van der Waals surface area (Å²) in [7, 11) is 0. The fraction of sp³-hybridized carbons (Fsp3) is 0.500. The molecule has 1 spiro atoms. The smallest absolute Gasteiger partial charge is 0.255 e. The lowest BCUT2D eigenvalue weighted by atomic mass is 9.88. The third-order valence-electron chi connectivity index (χ3n) is 8.88. The Morgan fingerprint density at radius 1 is 1.14 bits per heavy atom. The minimum atomic E-state index is -0.396. The Bertz CT molecular complexity index is 1350. The van der Waals surface area contributed by atoms with E-state index in [0.29, 0.717) is 17.1 Å². The zero-order chi connectivity index (χ0) is 23.8. The zero-order valence-corrected chi connectivity index (χ0v) is 20.1. The summed E-state index contributed by atoms with van der Waals surface area (Å²) in [6.07, 6.45) is 10.6. The molecule has 182 valence electrons. The summed E-state index contributed by atoms with van der Waals surface area (Å²) in [6.45, 7) is 5.37. The Kier molecular flexibility index (Phi) is 4.61. The van der Waals surface area contributed by atoms with E-state index in [1.807, 2.05) is 31.2 Å². The van der Waals surface area contributed by atoms with Crippen LogP contribution < -0.4 is 5.56 Å². The lowest BCUT2D eigenvalue weighted by Gasteiger charge is -2.29. The maximum Gasteiger partial charge on any atom is 0.255 e. The number of carbonyl (C=O) groups is 1. The number of rotatable bonds is 3. The first kappa shape index (κ1) is 21.4. The summed E-state index contributed by atoms with van der Waals surface area (Å²) in [4.78, 5) is 34.1. The zero-order valence-electron chi connectivity index (χ0n) is 20.1. The van der Waals surface area contributed by atoms with Gasteiger partial charge in [-0.05, 0) is 81.5 Å². The average molecular weight is 474 g/mol. The molecule has 5 aliphatic rings. The molecule has 0 bridgehead atoms. The van der Waals surface area contributed by atoms with Gasteiger partial charge in [0.15, 0.2) is 6.79 Å². The molecule has 7 heteroatoms. The highest BCUT2D eigenvalue weighted by Gasteiger charge is 2.63. The van der Waals surface area contributed by atoms with Crippen LogP contribution >= 0.6 is 0 Å². The van der Waals surface area contributed by atoms with Crippen LogP contribution in [0.5, 0.6) is 0 Å². The molecule has 35 heavy (non-hydrogen) atoms. The fourth-order valence-corrected chi connectivity index (χ4v) is 6.82. The van der Waals surface area contributed by atoms with E-state index in [4.69, 9.17) is 9.47 Å². The Hall–Kier alpha value is -2.90. The number of aromatic nitrogens is 1. The topological polar surface area (TPSA) is 74.9 Å². The fourth-order valence-electron chi connectivity index (χ4n) is 6.82. The van der Waals surface area contributed by atoms with Crippen LogP contribution in [0.4, 0.5) is 0 Å². The van der Waals surface area contributed by atoms with Crippen molar-refractivity contribution in [2.45, 2.75) is 62.6 Å². The minimum Gasteiger partial charge on any atom is -0.469 e. The molecule has 3 atom stereocenters. The van der Waals surface area contributed by atoms with E-state index in [1.54, 1.807) is 0 Å². The first-order valence-electron chi connectivity index (χ1n) is 12.9. The van der Waals surface area contributed by atoms with Crippen LogP contribution in [0.3, 0.4) is 0 Å². The van der Waals surface area contributed by atoms with Crippen LogP contribution in [0, 0.1) is 0 Å². The number of allylic oxidation sites excluding steroid dienone is 2. The molecule has 1 saturated carbocycles. The molecular weight excluding hydrogens is 442 g/mol. The number of aromatic amines is 1. The van der Waals surface area contributed by atoms with Gasteiger partial charge in [-0.1, -0.05) is 12.1 Å². The predicted molar refractivity (Wildman–Crippen MR) is 133 cm³/mol. The Balaban J connectivity index is 1.25. The van der Waals surface area contributed by atoms with Gasteiger partial charge in [0, 0.05) is 36.0 Å². The molecule has 1 unspecified atom stereocenters. The van der Waals surface area contributed by atoms with Crippen molar-refractivity contribution in [1.29, 1.82) is 0 Å². The van der Waals surface area contributed by atoms with Gasteiger partial charge in [0.1, 0.15) is 11.4 Å². The van der Waals surface area contributed by atoms with E-state index >= 15 is 0 Å². The van der Waals surface area contributed by atoms with Crippen LogP contribution in [-0.4, -0.2) is 64.3 Å². The summed E-state index contributed by atoms with van der Waals surface area (Å²) in [6, 6.07) is 7.91. The lowest BCUT2D eigenvalue weighted by Crippen LogP contribution is -2.43. The number of pyridine rings is 1. The Morgan fingerprint density at radius 2 is 2.00 bits per heavy atom. The standard InChI is InChI=1S/C28H31N3O4/c1-27-9-7-19(14-24(27)34-17-35-27)18-5-6-22-20(13-18)21(15-25(32)29-22)26(33)31-12-4-8-28(31)16-23(28)30-10-2-3-11-30/h5-7,13-15,23H,2-4,8-12,16-17H2,1H3,(H,29,32)/t23-,27?,28+/m0/s1. The molecule has 4 fully saturated rings. The summed E-state index contributed by atoms with van der Waals surface area (Å²) in [5.41, 5.74) is 2.57. The molecule has 3 saturated heterocycles. The molecule has 0 radical (unpaired) electrons. The van der Waals surface area contributed by atoms with Gasteiger partial charge in [0.2, 0.25) is 5.56 Å². The molecule has 3 aliphatic heterocycles. The van der Waals surface area contributed by atoms with E-state index < -0.39 is 5.60 Å². The van der Waals surface area contributed by atoms with Gasteiger partial charge in [-0.25, -0.2) is 0 Å². The summed E-state index contributed by atoms with van der Waals surface area (Å²) in [5, 5.41) is 0.795. The molecule has 7 nitrogen and oxygen atoms in total. The van der Waals surface area contributed by atoms with Gasteiger partial charge in [0.25, 0.3) is 5.91 Å². The lowest BCUT2D eigenvalue weighted by molar-refractivity contribution is 0.00406. The van der Waals surface area contributed by atoms with Crippen LogP contribution in [0.1, 0.15) is 61.4 Å². The van der Waals surface area contributed by atoms with Crippen molar-refractivity contribution < 1.29 is 14.3 Å². The summed E-state index contributed by atoms with van der Waals surface area (Å²) >= 11 is 0. The largest absolute Gasteiger partial charge is 0.469 e. The normalized spacial score (nSPS) is 32.0. The first-order chi connectivity index (χ1) is 17.0. The number of amides is 1. The van der Waals surface area contributed by atoms with Crippen LogP contribution in [0.15, 0.2) is 47.0 Å². The summed E-state index contributed by atoms with van der Waals surface area (Å²) < 4.78 is 11.5. The van der Waals surface area contributed by atoms with Gasteiger partial charge >= 0.3 is 0 Å². The molecule has 1 aromatic carbocycles. The van der Waals surface area contributed by atoms with Crippen LogP contribution in [-0.2, 0) is 9.47 Å². The highest BCUT2D eigenvalue weighted by molar-refractivity contribution is 6.07. The third-order valence-corrected chi connectivity index (χ3v) is 8.88. The number of nitrogens with one attached hydrogen (secondary N) is 1. The maximum atomic E-state index is 14.0. The maximum absolute atomic E-state index is 14.0. The second-order valence-corrected chi connectivity index (χ2v) is 10.9. The van der Waals surface area contributed by atoms with Crippen molar-refractivity contribution in [3.8, 4) is 0 Å². The number of fused-ring (bicyclic) bond motifs is 2. The summed E-state index contributed by atoms with van der Waals surface area (Å²) in [5.74, 6) is 0.835. The molecule has 2 aromatic rings. The van der Waals surface area contributed by atoms with Crippen molar-refractivity contribution in [2.75, 3.05) is 26.4 Å². The number of H-pyrrole nitrogens is 1. The van der Waals surface area contributed by atoms with Gasteiger partial charge in [0.05, 0.1) is 11.1 Å². The van der Waals surface area contributed by atoms with Gasteiger partial charge < -0.3 is 19.4 Å². The van der Waals surface area contributed by atoms with E-state index in [-0.39, 0.29) is 23.8 Å². The highest BCUT2D eigenvalue weighted by atomic mass is 16.7. The second-order valence-electron chi connectivity index (χ2n) is 10.9. The molecule has 1 amide bonds. The molecule has 1 N–H and O–H groups in total. The van der Waals surface area contributed by atoms with Crippen molar-refractivity contribution >= 4 is 22.4 Å². The number of hydrogen-bond donors (Lipinski definition) is 1. The second kappa shape index (κ2) is 7.55. The minimum absolute atomic E-state index is 0.00599. The molecule has 4 heterocycles. The third kappa shape index (κ3) is 3.24. The first-order valence-corrected chi connectivity index (χ1v) is 12.9. The number of likely N-dealkylation sites (tertiary alicyclic amines) is 2. The molecular formula is C28H31N3O4. The van der Waals surface area contributed by atoms with Gasteiger partial charge in [-0.15, -0.1) is 0 Å².